The van der Waals surface area contributed by atoms with Crippen LogP contribution in [0.3, 0.4) is 0 Å². The van der Waals surface area contributed by atoms with Crippen LogP contribution in [-0.4, -0.2) is 10.1 Å². The third-order valence-electron chi connectivity index (χ3n) is 4.24. The zero-order valence-corrected chi connectivity index (χ0v) is 11.7. The summed E-state index contributed by atoms with van der Waals surface area (Å²) in [4.78, 5) is 4.31. The molecule has 0 amide bonds. The van der Waals surface area contributed by atoms with Crippen molar-refractivity contribution in [3.05, 3.63) is 77.5 Å². The van der Waals surface area contributed by atoms with Gasteiger partial charge >= 0.3 is 0 Å². The van der Waals surface area contributed by atoms with E-state index in [0.717, 1.165) is 27.9 Å². The minimum absolute atomic E-state index is 0.581. The van der Waals surface area contributed by atoms with Crippen LogP contribution in [0.4, 0.5) is 0 Å². The second kappa shape index (κ2) is 4.97. The molecule has 104 valence electrons. The molecule has 0 spiro atoms. The maximum Gasteiger partial charge on any atom is 0.104 e. The Balaban J connectivity index is 1.66. The zero-order chi connectivity index (χ0) is 14.2. The average Bonchev–Trinajstić information content (AvgIpc) is 3.39. The highest BCUT2D eigenvalue weighted by Crippen LogP contribution is 2.40. The standard InChI is InChI=1S/C19H17NO/c21-19(15-7-5-14(6-8-15)13-3-4-13)17-9-10-18-16(12-17)2-1-11-20-18/h1-2,5-13,19,21H,3-4H2. The van der Waals surface area contributed by atoms with Gasteiger partial charge in [0.1, 0.15) is 6.10 Å². The first-order valence-electron chi connectivity index (χ1n) is 7.44. The number of nitrogens with zero attached hydrogens (tertiary/aromatic N) is 1. The number of fused-ring (bicyclic) bond motifs is 1. The van der Waals surface area contributed by atoms with Crippen LogP contribution in [0.5, 0.6) is 0 Å². The Kier molecular flexibility index (Phi) is 2.97. The average molecular weight is 275 g/mol. The van der Waals surface area contributed by atoms with E-state index in [1.54, 1.807) is 6.20 Å². The molecule has 1 aliphatic rings. The van der Waals surface area contributed by atoms with Gasteiger partial charge in [-0.05, 0) is 53.6 Å². The number of aliphatic hydroxyl groups is 1. The van der Waals surface area contributed by atoms with E-state index in [9.17, 15) is 5.11 Å². The van der Waals surface area contributed by atoms with Gasteiger partial charge in [0.2, 0.25) is 0 Å². The molecule has 0 saturated heterocycles. The van der Waals surface area contributed by atoms with E-state index in [2.05, 4.69) is 17.1 Å². The van der Waals surface area contributed by atoms with Crippen molar-refractivity contribution in [1.82, 2.24) is 4.98 Å². The number of rotatable bonds is 3. The molecule has 2 aromatic carbocycles. The Bertz CT molecular complexity index is 775. The van der Waals surface area contributed by atoms with Crippen LogP contribution >= 0.6 is 0 Å². The molecule has 4 rings (SSSR count). The summed E-state index contributed by atoms with van der Waals surface area (Å²) in [7, 11) is 0. The lowest BCUT2D eigenvalue weighted by atomic mass is 9.98. The van der Waals surface area contributed by atoms with Crippen molar-refractivity contribution in [2.24, 2.45) is 0 Å². The number of hydrogen-bond acceptors (Lipinski definition) is 2. The second-order valence-corrected chi connectivity index (χ2v) is 5.80. The van der Waals surface area contributed by atoms with Gasteiger partial charge in [0.05, 0.1) is 5.52 Å². The first-order valence-corrected chi connectivity index (χ1v) is 7.44. The van der Waals surface area contributed by atoms with Gasteiger partial charge in [-0.3, -0.25) is 4.98 Å². The molecule has 0 radical (unpaired) electrons. The van der Waals surface area contributed by atoms with E-state index in [-0.39, 0.29) is 0 Å². The highest BCUT2D eigenvalue weighted by Gasteiger charge is 2.23. The van der Waals surface area contributed by atoms with Crippen LogP contribution < -0.4 is 0 Å². The van der Waals surface area contributed by atoms with Crippen molar-refractivity contribution < 1.29 is 5.11 Å². The molecule has 1 atom stereocenters. The molecule has 3 aromatic rings. The summed E-state index contributed by atoms with van der Waals surface area (Å²) in [5.41, 5.74) is 4.21. The largest absolute Gasteiger partial charge is 0.384 e. The minimum Gasteiger partial charge on any atom is -0.384 e. The normalized spacial score (nSPS) is 16.0. The first-order chi connectivity index (χ1) is 10.3. The van der Waals surface area contributed by atoms with Crippen molar-refractivity contribution in [2.75, 3.05) is 0 Å². The van der Waals surface area contributed by atoms with Crippen LogP contribution in [0, 0.1) is 0 Å². The molecule has 2 heteroatoms. The molecule has 1 N–H and O–H groups in total. The lowest BCUT2D eigenvalue weighted by Gasteiger charge is -2.13. The van der Waals surface area contributed by atoms with Crippen molar-refractivity contribution in [3.63, 3.8) is 0 Å². The number of hydrogen-bond donors (Lipinski definition) is 1. The Labute approximate surface area is 124 Å². The molecule has 0 aliphatic heterocycles. The molecule has 1 unspecified atom stereocenters. The lowest BCUT2D eigenvalue weighted by molar-refractivity contribution is 0.220. The van der Waals surface area contributed by atoms with Gasteiger partial charge in [-0.1, -0.05) is 36.4 Å². The minimum atomic E-state index is -0.581. The first kappa shape index (κ1) is 12.5. The second-order valence-electron chi connectivity index (χ2n) is 5.80. The molecular formula is C19H17NO. The summed E-state index contributed by atoms with van der Waals surface area (Å²) in [5.74, 6) is 0.753. The van der Waals surface area contributed by atoms with Gasteiger partial charge in [-0.2, -0.15) is 0 Å². The SMILES string of the molecule is OC(c1ccc(C2CC2)cc1)c1ccc2ncccc2c1. The van der Waals surface area contributed by atoms with Crippen LogP contribution in [0.2, 0.25) is 0 Å². The summed E-state index contributed by atoms with van der Waals surface area (Å²) in [6, 6.07) is 18.3. The predicted octanol–water partition coefficient (Wildman–Crippen LogP) is 4.19. The van der Waals surface area contributed by atoms with E-state index in [4.69, 9.17) is 0 Å². The lowest BCUT2D eigenvalue weighted by Crippen LogP contribution is -2.00. The van der Waals surface area contributed by atoms with Gasteiger partial charge < -0.3 is 5.11 Å². The molecular weight excluding hydrogens is 258 g/mol. The Morgan fingerprint density at radius 3 is 2.48 bits per heavy atom. The molecule has 1 aromatic heterocycles. The fourth-order valence-electron chi connectivity index (χ4n) is 2.82. The molecule has 1 fully saturated rings. The van der Waals surface area contributed by atoms with Crippen molar-refractivity contribution >= 4 is 10.9 Å². The molecule has 1 aliphatic carbocycles. The third kappa shape index (κ3) is 2.43. The fraction of sp³-hybridized carbons (Fsp3) is 0.211. The quantitative estimate of drug-likeness (QED) is 0.777. The van der Waals surface area contributed by atoms with Gasteiger partial charge in [-0.25, -0.2) is 0 Å². The van der Waals surface area contributed by atoms with Gasteiger partial charge in [0.25, 0.3) is 0 Å². The highest BCUT2D eigenvalue weighted by atomic mass is 16.3. The van der Waals surface area contributed by atoms with Crippen LogP contribution in [-0.2, 0) is 0 Å². The molecule has 1 heterocycles. The zero-order valence-electron chi connectivity index (χ0n) is 11.7. The summed E-state index contributed by atoms with van der Waals surface area (Å²) in [6.45, 7) is 0. The molecule has 1 saturated carbocycles. The van der Waals surface area contributed by atoms with E-state index in [0.29, 0.717) is 0 Å². The maximum atomic E-state index is 10.6. The predicted molar refractivity (Wildman–Crippen MR) is 84.2 cm³/mol. The summed E-state index contributed by atoms with van der Waals surface area (Å²) < 4.78 is 0. The smallest absolute Gasteiger partial charge is 0.104 e. The van der Waals surface area contributed by atoms with Gasteiger partial charge in [-0.15, -0.1) is 0 Å². The molecule has 0 bridgehead atoms. The number of pyridine rings is 1. The maximum absolute atomic E-state index is 10.6. The summed E-state index contributed by atoms with van der Waals surface area (Å²) in [5, 5.41) is 11.6. The summed E-state index contributed by atoms with van der Waals surface area (Å²) in [6.07, 6.45) is 3.82. The van der Waals surface area contributed by atoms with Crippen LogP contribution in [0.1, 0.15) is 41.6 Å². The number of aromatic nitrogens is 1. The van der Waals surface area contributed by atoms with E-state index >= 15 is 0 Å². The van der Waals surface area contributed by atoms with Crippen molar-refractivity contribution in [3.8, 4) is 0 Å². The Hall–Kier alpha value is -2.19. The number of benzene rings is 2. The molecule has 21 heavy (non-hydrogen) atoms. The summed E-state index contributed by atoms with van der Waals surface area (Å²) >= 11 is 0. The van der Waals surface area contributed by atoms with Gasteiger partial charge in [0, 0.05) is 11.6 Å². The fourth-order valence-corrected chi connectivity index (χ4v) is 2.82. The van der Waals surface area contributed by atoms with Crippen LogP contribution in [0.25, 0.3) is 10.9 Å². The van der Waals surface area contributed by atoms with E-state index in [1.807, 2.05) is 42.5 Å². The Morgan fingerprint density at radius 2 is 1.71 bits per heavy atom. The topological polar surface area (TPSA) is 33.1 Å². The monoisotopic (exact) mass is 275 g/mol. The van der Waals surface area contributed by atoms with E-state index < -0.39 is 6.10 Å². The van der Waals surface area contributed by atoms with Gasteiger partial charge in [0.15, 0.2) is 0 Å². The van der Waals surface area contributed by atoms with Crippen molar-refractivity contribution in [2.45, 2.75) is 24.9 Å². The van der Waals surface area contributed by atoms with Crippen LogP contribution in [0.15, 0.2) is 60.8 Å². The van der Waals surface area contributed by atoms with E-state index in [1.165, 1.54) is 18.4 Å². The van der Waals surface area contributed by atoms with Crippen molar-refractivity contribution in [1.29, 1.82) is 0 Å². The highest BCUT2D eigenvalue weighted by molar-refractivity contribution is 5.79. The molecule has 2 nitrogen and oxygen atoms in total. The third-order valence-corrected chi connectivity index (χ3v) is 4.24. The Morgan fingerprint density at radius 1 is 0.952 bits per heavy atom. The number of aliphatic hydroxyl groups excluding tert-OH is 1.